The van der Waals surface area contributed by atoms with Crippen molar-refractivity contribution in [3.8, 4) is 11.4 Å². The molecule has 4 rings (SSSR count). The van der Waals surface area contributed by atoms with E-state index in [0.29, 0.717) is 29.0 Å². The second kappa shape index (κ2) is 6.33. The predicted octanol–water partition coefficient (Wildman–Crippen LogP) is 3.33. The first-order chi connectivity index (χ1) is 11.7. The Labute approximate surface area is 145 Å². The summed E-state index contributed by atoms with van der Waals surface area (Å²) < 4.78 is 14.0. The van der Waals surface area contributed by atoms with E-state index in [4.69, 9.17) is 11.6 Å². The van der Waals surface area contributed by atoms with Crippen molar-refractivity contribution in [3.63, 3.8) is 0 Å². The molecule has 6 nitrogen and oxygen atoms in total. The van der Waals surface area contributed by atoms with E-state index in [0.717, 1.165) is 30.5 Å². The maximum atomic E-state index is 14.0. The van der Waals surface area contributed by atoms with Gasteiger partial charge in [0.1, 0.15) is 5.65 Å². The highest BCUT2D eigenvalue weighted by atomic mass is 35.5. The van der Waals surface area contributed by atoms with E-state index in [-0.39, 0.29) is 8.67 Å². The van der Waals surface area contributed by atoms with Crippen LogP contribution in [0.1, 0.15) is 9.27 Å². The van der Waals surface area contributed by atoms with Gasteiger partial charge in [0, 0.05) is 32.7 Å². The number of anilines is 1. The summed E-state index contributed by atoms with van der Waals surface area (Å²) in [6.07, 6.45) is 5.60. The maximum Gasteiger partial charge on any atom is 0.183 e. The third-order valence-corrected chi connectivity index (χ3v) is 4.41. The van der Waals surface area contributed by atoms with E-state index in [1.165, 1.54) is 6.20 Å². The van der Waals surface area contributed by atoms with Crippen molar-refractivity contribution >= 4 is 28.5 Å². The van der Waals surface area contributed by atoms with E-state index in [1.807, 2.05) is 0 Å². The van der Waals surface area contributed by atoms with Gasteiger partial charge in [0.25, 0.3) is 0 Å². The van der Waals surface area contributed by atoms with Crippen molar-refractivity contribution < 1.29 is 7.24 Å². The molecule has 1 aliphatic rings. The molecule has 3 N–H and O–H groups in total. The van der Waals surface area contributed by atoms with Gasteiger partial charge in [-0.2, -0.15) is 0 Å². The van der Waals surface area contributed by atoms with Crippen LogP contribution >= 0.6 is 11.6 Å². The van der Waals surface area contributed by atoms with Gasteiger partial charge in [-0.15, -0.1) is 0 Å². The number of hydrogen-bond donors (Lipinski definition) is 3. The zero-order valence-electron chi connectivity index (χ0n) is 12.8. The average Bonchev–Trinajstić information content (AvgIpc) is 3.23. The standard InChI is InChI=1S/C16H16ClFN6.2H2/c17-10-3-11-12(7-22-14(11)21-6-10)15-23-8-13(18)16(24-15)20-5-9-1-2-19-4-9;;/h3,6-9,19H,1-2,4-5H2,(H,21,22)(H,20,23,24);2*1H. The third kappa shape index (κ3) is 2.92. The van der Waals surface area contributed by atoms with Crippen LogP contribution in [0.5, 0.6) is 0 Å². The lowest BCUT2D eigenvalue weighted by Gasteiger charge is -2.11. The summed E-state index contributed by atoms with van der Waals surface area (Å²) in [5.74, 6) is 0.676. The van der Waals surface area contributed by atoms with Crippen molar-refractivity contribution in [2.45, 2.75) is 6.42 Å². The summed E-state index contributed by atoms with van der Waals surface area (Å²) in [7, 11) is 0. The Kier molecular flexibility index (Phi) is 4.03. The van der Waals surface area contributed by atoms with Crippen LogP contribution in [0.25, 0.3) is 22.4 Å². The molecule has 0 bridgehead atoms. The number of halogens is 2. The number of nitrogens with zero attached hydrogens (tertiary/aromatic N) is 3. The summed E-state index contributed by atoms with van der Waals surface area (Å²) in [6, 6.07) is 1.79. The molecule has 1 saturated heterocycles. The van der Waals surface area contributed by atoms with Crippen LogP contribution in [0.2, 0.25) is 5.02 Å². The lowest BCUT2D eigenvalue weighted by molar-refractivity contribution is 0.594. The van der Waals surface area contributed by atoms with Gasteiger partial charge >= 0.3 is 0 Å². The predicted molar refractivity (Wildman–Crippen MR) is 95.8 cm³/mol. The van der Waals surface area contributed by atoms with Gasteiger partial charge in [-0.05, 0) is 31.5 Å². The highest BCUT2D eigenvalue weighted by Gasteiger charge is 2.17. The van der Waals surface area contributed by atoms with Crippen LogP contribution in [0.15, 0.2) is 24.7 Å². The van der Waals surface area contributed by atoms with Crippen LogP contribution in [0, 0.1) is 11.7 Å². The van der Waals surface area contributed by atoms with E-state index >= 15 is 0 Å². The van der Waals surface area contributed by atoms with Crippen molar-refractivity contribution in [1.29, 1.82) is 0 Å². The van der Waals surface area contributed by atoms with E-state index < -0.39 is 5.82 Å². The number of fused-ring (bicyclic) bond motifs is 1. The molecule has 1 aliphatic heterocycles. The molecule has 0 spiro atoms. The summed E-state index contributed by atoms with van der Waals surface area (Å²) in [5, 5.41) is 7.72. The minimum Gasteiger partial charge on any atom is -0.367 e. The Morgan fingerprint density at radius 1 is 1.38 bits per heavy atom. The monoisotopic (exact) mass is 350 g/mol. The van der Waals surface area contributed by atoms with Gasteiger partial charge in [0.15, 0.2) is 17.5 Å². The summed E-state index contributed by atoms with van der Waals surface area (Å²) in [4.78, 5) is 15.7. The molecule has 0 amide bonds. The molecule has 24 heavy (non-hydrogen) atoms. The quantitative estimate of drug-likeness (QED) is 0.672. The molecule has 1 fully saturated rings. The molecule has 1 atom stereocenters. The molecule has 8 heteroatoms. The van der Waals surface area contributed by atoms with Gasteiger partial charge in [-0.25, -0.2) is 19.3 Å². The molecule has 0 aromatic carbocycles. The van der Waals surface area contributed by atoms with Gasteiger partial charge < -0.3 is 15.6 Å². The van der Waals surface area contributed by atoms with Gasteiger partial charge in [-0.1, -0.05) is 11.6 Å². The topological polar surface area (TPSA) is 78.5 Å². The van der Waals surface area contributed by atoms with Gasteiger partial charge in [0.05, 0.1) is 11.2 Å². The summed E-state index contributed by atoms with van der Waals surface area (Å²) >= 11 is 6.02. The molecule has 3 aromatic rings. The molecular weight excluding hydrogens is 331 g/mol. The highest BCUT2D eigenvalue weighted by Crippen LogP contribution is 2.28. The van der Waals surface area contributed by atoms with Crippen LogP contribution in [-0.2, 0) is 0 Å². The highest BCUT2D eigenvalue weighted by molar-refractivity contribution is 6.31. The lowest BCUT2D eigenvalue weighted by Crippen LogP contribution is -2.18. The fourth-order valence-corrected chi connectivity index (χ4v) is 3.07. The number of H-pyrrole nitrogens is 1. The molecule has 3 aromatic heterocycles. The Morgan fingerprint density at radius 2 is 2.29 bits per heavy atom. The SMILES string of the molecule is Fc1cnc(-c2c[nH]c3ncc(Cl)cc23)nc1NCC1CCNC1.[HH].[HH]. The third-order valence-electron chi connectivity index (χ3n) is 4.20. The Balaban J connectivity index is 0.00000121. The first-order valence-corrected chi connectivity index (χ1v) is 8.18. The number of rotatable bonds is 4. The Hall–Kier alpha value is -2.25. The summed E-state index contributed by atoms with van der Waals surface area (Å²) in [6.45, 7) is 2.63. The van der Waals surface area contributed by atoms with Crippen molar-refractivity contribution in [1.82, 2.24) is 25.3 Å². The van der Waals surface area contributed by atoms with E-state index in [2.05, 4.69) is 30.6 Å². The van der Waals surface area contributed by atoms with Crippen LogP contribution in [0.4, 0.5) is 10.2 Å². The fraction of sp³-hybridized carbons (Fsp3) is 0.312. The minimum absolute atomic E-state index is 0. The van der Waals surface area contributed by atoms with Crippen LogP contribution in [0.3, 0.4) is 0 Å². The molecule has 0 aliphatic carbocycles. The molecular formula is C16H20ClFN6. The number of nitrogens with one attached hydrogen (secondary N) is 3. The zero-order chi connectivity index (χ0) is 16.5. The fourth-order valence-electron chi connectivity index (χ4n) is 2.91. The van der Waals surface area contributed by atoms with Crippen LogP contribution < -0.4 is 10.6 Å². The number of aromatic nitrogens is 4. The van der Waals surface area contributed by atoms with Gasteiger partial charge in [-0.3, -0.25) is 0 Å². The van der Waals surface area contributed by atoms with Crippen LogP contribution in [-0.4, -0.2) is 39.6 Å². The number of hydrogen-bond acceptors (Lipinski definition) is 5. The molecule has 128 valence electrons. The smallest absolute Gasteiger partial charge is 0.183 e. The van der Waals surface area contributed by atoms with Crippen molar-refractivity contribution in [3.05, 3.63) is 35.5 Å². The lowest BCUT2D eigenvalue weighted by atomic mass is 10.1. The zero-order valence-corrected chi connectivity index (χ0v) is 13.6. The first-order valence-electron chi connectivity index (χ1n) is 7.81. The van der Waals surface area contributed by atoms with E-state index in [1.54, 1.807) is 18.5 Å². The maximum absolute atomic E-state index is 14.0. The molecule has 0 saturated carbocycles. The largest absolute Gasteiger partial charge is 0.367 e. The molecule has 4 heterocycles. The second-order valence-corrected chi connectivity index (χ2v) is 6.32. The van der Waals surface area contributed by atoms with Gasteiger partial charge in [0.2, 0.25) is 0 Å². The normalized spacial score (nSPS) is 17.5. The van der Waals surface area contributed by atoms with Crippen molar-refractivity contribution in [2.75, 3.05) is 25.0 Å². The summed E-state index contributed by atoms with van der Waals surface area (Å²) in [5.41, 5.74) is 1.43. The second-order valence-electron chi connectivity index (χ2n) is 5.88. The molecule has 0 radical (unpaired) electrons. The first kappa shape index (κ1) is 15.3. The van der Waals surface area contributed by atoms with E-state index in [9.17, 15) is 4.39 Å². The Bertz CT molecular complexity index is 884. The van der Waals surface area contributed by atoms with Crippen molar-refractivity contribution in [2.24, 2.45) is 5.92 Å². The number of pyridine rings is 1. The minimum atomic E-state index is -0.458. The Morgan fingerprint density at radius 3 is 3.12 bits per heavy atom. The average molecular weight is 351 g/mol. The molecule has 1 unspecified atom stereocenters. The number of aromatic amines is 1.